The van der Waals surface area contributed by atoms with Crippen molar-refractivity contribution in [2.45, 2.75) is 97.6 Å². The van der Waals surface area contributed by atoms with Crippen LogP contribution in [0.4, 0.5) is 0 Å². The third-order valence-corrected chi connectivity index (χ3v) is 4.40. The van der Waals surface area contributed by atoms with Crippen molar-refractivity contribution >= 4 is 5.97 Å². The van der Waals surface area contributed by atoms with Crippen molar-refractivity contribution < 1.29 is 14.5 Å². The minimum Gasteiger partial charge on any atom is -0.546 e. The van der Waals surface area contributed by atoms with Gasteiger partial charge in [0.1, 0.15) is 18.9 Å². The Morgan fingerprint density at radius 2 is 1.61 bits per heavy atom. The van der Waals surface area contributed by atoms with Crippen molar-refractivity contribution in [1.29, 1.82) is 0 Å². The summed E-state index contributed by atoms with van der Waals surface area (Å²) in [6, 6.07) is 0. The van der Waals surface area contributed by atoms with Crippen LogP contribution in [-0.2, 0) is 24.3 Å². The van der Waals surface area contributed by atoms with Crippen molar-refractivity contribution in [2.24, 2.45) is 0 Å². The van der Waals surface area contributed by atoms with Gasteiger partial charge in [0.2, 0.25) is 0 Å². The van der Waals surface area contributed by atoms with Gasteiger partial charge in [-0.15, -0.1) is 0 Å². The van der Waals surface area contributed by atoms with Gasteiger partial charge in [-0.25, -0.2) is 9.13 Å². The quantitative estimate of drug-likeness (QED) is 0.390. The zero-order valence-corrected chi connectivity index (χ0v) is 15.1. The molecule has 0 aliphatic carbocycles. The van der Waals surface area contributed by atoms with E-state index in [0.717, 1.165) is 38.1 Å². The van der Waals surface area contributed by atoms with Crippen LogP contribution < -0.4 is 9.67 Å². The maximum Gasteiger partial charge on any atom is 0.256 e. The molecule has 0 saturated heterocycles. The first-order valence-electron chi connectivity index (χ1n) is 9.46. The molecule has 1 rings (SSSR count). The smallest absolute Gasteiger partial charge is 0.256 e. The fourth-order valence-corrected chi connectivity index (χ4v) is 3.02. The summed E-state index contributed by atoms with van der Waals surface area (Å²) < 4.78 is 4.06. The fraction of sp³-hybridized carbons (Fsp3) is 0.789. The highest BCUT2D eigenvalue weighted by Gasteiger charge is 2.16. The third kappa shape index (κ3) is 8.19. The molecule has 4 heteroatoms. The molecule has 0 spiro atoms. The maximum atomic E-state index is 10.9. The number of aromatic nitrogens is 2. The van der Waals surface area contributed by atoms with Gasteiger partial charge in [-0.05, 0) is 12.8 Å². The van der Waals surface area contributed by atoms with E-state index < -0.39 is 5.97 Å². The summed E-state index contributed by atoms with van der Waals surface area (Å²) >= 11 is 0. The number of carboxylic acid groups (broad SMARTS) is 1. The summed E-state index contributed by atoms with van der Waals surface area (Å²) in [6.07, 6.45) is 17.5. The second-order valence-corrected chi connectivity index (χ2v) is 6.49. The number of hydrogen-bond acceptors (Lipinski definition) is 2. The van der Waals surface area contributed by atoms with E-state index in [9.17, 15) is 9.90 Å². The first-order chi connectivity index (χ1) is 11.2. The first kappa shape index (κ1) is 19.7. The predicted octanol–water partition coefficient (Wildman–Crippen LogP) is 3.01. The van der Waals surface area contributed by atoms with Gasteiger partial charge in [0.25, 0.3) is 5.82 Å². The molecule has 0 fully saturated rings. The van der Waals surface area contributed by atoms with Crippen LogP contribution in [0.2, 0.25) is 0 Å². The first-order valence-corrected chi connectivity index (χ1v) is 9.46. The summed E-state index contributed by atoms with van der Waals surface area (Å²) in [5.41, 5.74) is 0. The molecule has 0 aliphatic heterocycles. The molecule has 0 atom stereocenters. The van der Waals surface area contributed by atoms with Gasteiger partial charge in [-0.2, -0.15) is 0 Å². The molecule has 0 N–H and O–H groups in total. The number of rotatable bonds is 14. The van der Waals surface area contributed by atoms with Crippen molar-refractivity contribution in [3.63, 3.8) is 0 Å². The van der Waals surface area contributed by atoms with Crippen LogP contribution in [0.25, 0.3) is 0 Å². The van der Waals surface area contributed by atoms with Crippen LogP contribution in [0.3, 0.4) is 0 Å². The normalized spacial score (nSPS) is 11.0. The van der Waals surface area contributed by atoms with E-state index in [4.69, 9.17) is 0 Å². The summed E-state index contributed by atoms with van der Waals surface area (Å²) in [5.74, 6) is 0.119. The standard InChI is InChI=1S/C19H34N2O2/c1-3-5-7-8-9-10-11-12-13-18-20(14-6-4-2)15-16-21(18)17-19(22)23/h15-16H,3-14,17H2,1-2H3. The van der Waals surface area contributed by atoms with Crippen LogP contribution >= 0.6 is 0 Å². The molecule has 132 valence electrons. The summed E-state index contributed by atoms with van der Waals surface area (Å²) in [4.78, 5) is 10.9. The number of carboxylic acids is 1. The minimum atomic E-state index is -1.01. The zero-order valence-electron chi connectivity index (χ0n) is 15.1. The number of unbranched alkanes of at least 4 members (excludes halogenated alkanes) is 8. The van der Waals surface area contributed by atoms with E-state index in [1.165, 1.54) is 44.9 Å². The van der Waals surface area contributed by atoms with Crippen LogP contribution in [-0.4, -0.2) is 10.5 Å². The van der Waals surface area contributed by atoms with Crippen LogP contribution in [0.1, 0.15) is 83.9 Å². The van der Waals surface area contributed by atoms with Crippen molar-refractivity contribution in [2.75, 3.05) is 0 Å². The molecule has 0 aliphatic rings. The average molecular weight is 322 g/mol. The van der Waals surface area contributed by atoms with Gasteiger partial charge < -0.3 is 9.90 Å². The molecule has 1 heterocycles. The summed E-state index contributed by atoms with van der Waals surface area (Å²) in [7, 11) is 0. The predicted molar refractivity (Wildman–Crippen MR) is 90.9 cm³/mol. The molecule has 0 amide bonds. The molecule has 23 heavy (non-hydrogen) atoms. The highest BCUT2D eigenvalue weighted by atomic mass is 16.4. The van der Waals surface area contributed by atoms with E-state index in [0.29, 0.717) is 0 Å². The van der Waals surface area contributed by atoms with E-state index >= 15 is 0 Å². The molecule has 4 nitrogen and oxygen atoms in total. The highest BCUT2D eigenvalue weighted by Crippen LogP contribution is 2.11. The molecule has 0 radical (unpaired) electrons. The van der Waals surface area contributed by atoms with E-state index in [1.54, 1.807) is 0 Å². The van der Waals surface area contributed by atoms with Gasteiger partial charge in [-0.3, -0.25) is 0 Å². The fourth-order valence-electron chi connectivity index (χ4n) is 3.02. The largest absolute Gasteiger partial charge is 0.546 e. The lowest BCUT2D eigenvalue weighted by Gasteiger charge is -2.06. The molecule has 0 saturated carbocycles. The number of aliphatic carboxylic acids is 1. The Balaban J connectivity index is 2.39. The third-order valence-electron chi connectivity index (χ3n) is 4.40. The number of carbonyl (C=O) groups excluding carboxylic acids is 1. The van der Waals surface area contributed by atoms with Gasteiger partial charge in [0.15, 0.2) is 0 Å². The van der Waals surface area contributed by atoms with Gasteiger partial charge in [0.05, 0.1) is 12.5 Å². The monoisotopic (exact) mass is 322 g/mol. The molecule has 0 aromatic carbocycles. The molecular formula is C19H34N2O2. The van der Waals surface area contributed by atoms with Gasteiger partial charge in [0, 0.05) is 6.42 Å². The van der Waals surface area contributed by atoms with Crippen LogP contribution in [0.5, 0.6) is 0 Å². The SMILES string of the molecule is CCCCCCCCCCc1n(CCCC)cc[n+]1CC(=O)[O-]. The van der Waals surface area contributed by atoms with Crippen molar-refractivity contribution in [3.05, 3.63) is 18.2 Å². The van der Waals surface area contributed by atoms with Crippen molar-refractivity contribution in [3.8, 4) is 0 Å². The van der Waals surface area contributed by atoms with E-state index in [1.807, 2.05) is 17.0 Å². The second-order valence-electron chi connectivity index (χ2n) is 6.49. The minimum absolute atomic E-state index is 0.0362. The Kier molecular flexibility index (Phi) is 10.4. The lowest BCUT2D eigenvalue weighted by atomic mass is 10.1. The molecular weight excluding hydrogens is 288 g/mol. The maximum absolute atomic E-state index is 10.9. The van der Waals surface area contributed by atoms with Gasteiger partial charge in [-0.1, -0.05) is 65.2 Å². The van der Waals surface area contributed by atoms with Gasteiger partial charge >= 0.3 is 0 Å². The Morgan fingerprint density at radius 1 is 1.00 bits per heavy atom. The average Bonchev–Trinajstić information content (AvgIpc) is 2.89. The summed E-state index contributed by atoms with van der Waals surface area (Å²) in [6.45, 7) is 5.36. The zero-order chi connectivity index (χ0) is 16.9. The summed E-state index contributed by atoms with van der Waals surface area (Å²) in [5, 5.41) is 10.9. The van der Waals surface area contributed by atoms with Crippen LogP contribution in [0.15, 0.2) is 12.4 Å². The highest BCUT2D eigenvalue weighted by molar-refractivity contribution is 5.62. The van der Waals surface area contributed by atoms with E-state index in [-0.39, 0.29) is 6.54 Å². The lowest BCUT2D eigenvalue weighted by molar-refractivity contribution is -0.697. The number of hydrogen-bond donors (Lipinski definition) is 0. The Bertz CT molecular complexity index is 441. The van der Waals surface area contributed by atoms with Crippen molar-refractivity contribution in [1.82, 2.24) is 4.57 Å². The van der Waals surface area contributed by atoms with Crippen LogP contribution in [0, 0.1) is 0 Å². The molecule has 0 bridgehead atoms. The Morgan fingerprint density at radius 3 is 2.22 bits per heavy atom. The number of carbonyl (C=O) groups is 1. The topological polar surface area (TPSA) is 48.9 Å². The molecule has 1 aromatic heterocycles. The number of aryl methyl sites for hydroxylation is 1. The Hall–Kier alpha value is -1.32. The second kappa shape index (κ2) is 12.1. The number of imidazole rings is 1. The molecule has 0 unspecified atom stereocenters. The molecule has 1 aromatic rings. The van der Waals surface area contributed by atoms with E-state index in [2.05, 4.69) is 18.4 Å². The lowest BCUT2D eigenvalue weighted by Crippen LogP contribution is -2.45. The Labute approximate surface area is 141 Å². The number of nitrogens with zero attached hydrogens (tertiary/aromatic N) is 2.